The van der Waals surface area contributed by atoms with Gasteiger partial charge in [-0.1, -0.05) is 55.1 Å². The molecule has 172 valence electrons. The summed E-state index contributed by atoms with van der Waals surface area (Å²) >= 11 is 1.32. The van der Waals surface area contributed by atoms with Crippen molar-refractivity contribution in [2.45, 2.75) is 26.3 Å². The van der Waals surface area contributed by atoms with Crippen LogP contribution in [0, 0.1) is 16.6 Å². The number of amides is 2. The summed E-state index contributed by atoms with van der Waals surface area (Å²) in [4.78, 5) is 30.8. The van der Waals surface area contributed by atoms with Crippen molar-refractivity contribution >= 4 is 39.1 Å². The van der Waals surface area contributed by atoms with Gasteiger partial charge >= 0.3 is 0 Å². The molecule has 1 aliphatic carbocycles. The molecule has 1 fully saturated rings. The van der Waals surface area contributed by atoms with Crippen molar-refractivity contribution in [2.24, 2.45) is 10.8 Å². The fraction of sp³-hybridized carbons (Fsp3) is 0.222. The summed E-state index contributed by atoms with van der Waals surface area (Å²) in [5.41, 5.74) is 0.734. The van der Waals surface area contributed by atoms with E-state index < -0.39 is 16.9 Å². The minimum Gasteiger partial charge on any atom is -0.348 e. The number of nitrogens with zero attached hydrogens (tertiary/aromatic N) is 1. The minimum atomic E-state index is -0.831. The van der Waals surface area contributed by atoms with E-state index in [0.29, 0.717) is 22.6 Å². The molecule has 2 bridgehead atoms. The SMILES string of the molecule is C=C/C=C\C1=CC2NC(=O)C1(C)CC2(C)C(=O)Nc1nc(-c2ccc(F)c3ccccc23)cs1. The van der Waals surface area contributed by atoms with Crippen LogP contribution in [0.5, 0.6) is 0 Å². The average molecular weight is 474 g/mol. The maximum absolute atomic E-state index is 14.2. The summed E-state index contributed by atoms with van der Waals surface area (Å²) in [5, 5.41) is 9.55. The third-order valence-corrected chi connectivity index (χ3v) is 7.74. The second kappa shape index (κ2) is 8.02. The first-order chi connectivity index (χ1) is 16.3. The number of nitrogens with one attached hydrogen (secondary N) is 2. The number of anilines is 1. The van der Waals surface area contributed by atoms with Crippen LogP contribution in [-0.2, 0) is 9.59 Å². The number of fused-ring (bicyclic) bond motifs is 3. The molecule has 1 saturated heterocycles. The van der Waals surface area contributed by atoms with Gasteiger partial charge in [0, 0.05) is 16.3 Å². The van der Waals surface area contributed by atoms with E-state index in [2.05, 4.69) is 22.2 Å². The molecule has 1 aromatic heterocycles. The van der Waals surface area contributed by atoms with E-state index in [0.717, 1.165) is 16.5 Å². The van der Waals surface area contributed by atoms with Gasteiger partial charge in [0.05, 0.1) is 22.6 Å². The van der Waals surface area contributed by atoms with Gasteiger partial charge in [-0.15, -0.1) is 11.3 Å². The Morgan fingerprint density at radius 3 is 2.79 bits per heavy atom. The number of hydrogen-bond donors (Lipinski definition) is 2. The standard InChI is InChI=1S/C27H24FN3O2S/c1-4-5-8-16-13-22-27(3,15-26(16,2)23(32)30-22)24(33)31-25-29-21(14-34-25)19-11-12-20(28)18-10-7-6-9-17(18)19/h4-14,22H,1,15H2,2-3H3,(H,30,32)(H,29,31,33)/b8-5-. The molecule has 3 aromatic rings. The Morgan fingerprint density at radius 1 is 1.26 bits per heavy atom. The molecule has 2 aromatic carbocycles. The number of thiazole rings is 1. The normalized spacial score (nSPS) is 25.9. The van der Waals surface area contributed by atoms with E-state index in [1.807, 2.05) is 43.5 Å². The van der Waals surface area contributed by atoms with Crippen molar-refractivity contribution in [2.75, 3.05) is 5.32 Å². The summed E-state index contributed by atoms with van der Waals surface area (Å²) in [6, 6.07) is 9.98. The maximum Gasteiger partial charge on any atom is 0.234 e. The van der Waals surface area contributed by atoms with Crippen LogP contribution in [0.1, 0.15) is 20.3 Å². The predicted octanol–water partition coefficient (Wildman–Crippen LogP) is 5.62. The van der Waals surface area contributed by atoms with Crippen LogP contribution in [0.3, 0.4) is 0 Å². The van der Waals surface area contributed by atoms with Crippen molar-refractivity contribution in [3.63, 3.8) is 0 Å². The number of halogens is 1. The highest BCUT2D eigenvalue weighted by Crippen LogP contribution is 2.51. The van der Waals surface area contributed by atoms with Crippen LogP contribution in [0.25, 0.3) is 22.0 Å². The highest BCUT2D eigenvalue weighted by Gasteiger charge is 2.58. The zero-order valence-electron chi connectivity index (χ0n) is 18.9. The molecule has 3 aliphatic rings. The van der Waals surface area contributed by atoms with Gasteiger partial charge < -0.3 is 10.6 Å². The van der Waals surface area contributed by atoms with Gasteiger partial charge in [-0.05, 0) is 43.4 Å². The molecule has 3 atom stereocenters. The number of allylic oxidation sites excluding steroid dienone is 3. The van der Waals surface area contributed by atoms with E-state index in [1.54, 1.807) is 30.4 Å². The Labute approximate surface area is 201 Å². The minimum absolute atomic E-state index is 0.0753. The van der Waals surface area contributed by atoms with Gasteiger partial charge in [-0.2, -0.15) is 0 Å². The van der Waals surface area contributed by atoms with E-state index in [1.165, 1.54) is 17.4 Å². The molecular formula is C27H24FN3O2S. The molecule has 0 saturated carbocycles. The van der Waals surface area contributed by atoms with Crippen LogP contribution in [0.4, 0.5) is 9.52 Å². The smallest absolute Gasteiger partial charge is 0.234 e. The highest BCUT2D eigenvalue weighted by atomic mass is 32.1. The van der Waals surface area contributed by atoms with Gasteiger partial charge in [0.15, 0.2) is 5.13 Å². The number of benzene rings is 2. The molecule has 0 radical (unpaired) electrons. The monoisotopic (exact) mass is 473 g/mol. The predicted molar refractivity (Wildman–Crippen MR) is 134 cm³/mol. The summed E-state index contributed by atoms with van der Waals surface area (Å²) < 4.78 is 14.2. The number of aromatic nitrogens is 1. The first-order valence-corrected chi connectivity index (χ1v) is 11.9. The molecule has 5 nitrogen and oxygen atoms in total. The Bertz CT molecular complexity index is 1410. The molecule has 2 amide bonds. The van der Waals surface area contributed by atoms with Crippen molar-refractivity contribution in [3.8, 4) is 11.3 Å². The maximum atomic E-state index is 14.2. The lowest BCUT2D eigenvalue weighted by molar-refractivity contribution is -0.142. The van der Waals surface area contributed by atoms with Crippen molar-refractivity contribution in [3.05, 3.63) is 84.1 Å². The lowest BCUT2D eigenvalue weighted by Gasteiger charge is -2.51. The number of hydrogen-bond acceptors (Lipinski definition) is 4. The van der Waals surface area contributed by atoms with Gasteiger partial charge in [0.25, 0.3) is 0 Å². The Hall–Kier alpha value is -3.58. The first-order valence-electron chi connectivity index (χ1n) is 11.0. The van der Waals surface area contributed by atoms with Gasteiger partial charge in [0.2, 0.25) is 11.8 Å². The molecule has 6 rings (SSSR count). The van der Waals surface area contributed by atoms with Crippen molar-refractivity contribution in [1.82, 2.24) is 10.3 Å². The Balaban J connectivity index is 1.42. The van der Waals surface area contributed by atoms with Gasteiger partial charge in [-0.3, -0.25) is 9.59 Å². The van der Waals surface area contributed by atoms with Crippen LogP contribution in [-0.4, -0.2) is 22.8 Å². The molecule has 2 N–H and O–H groups in total. The molecule has 3 heterocycles. The van der Waals surface area contributed by atoms with Crippen molar-refractivity contribution < 1.29 is 14.0 Å². The van der Waals surface area contributed by atoms with Crippen molar-refractivity contribution in [1.29, 1.82) is 0 Å². The second-order valence-electron chi connectivity index (χ2n) is 9.23. The quantitative estimate of drug-likeness (QED) is 0.472. The lowest BCUT2D eigenvalue weighted by atomic mass is 9.57. The zero-order valence-corrected chi connectivity index (χ0v) is 19.7. The van der Waals surface area contributed by atoms with Crippen LogP contribution >= 0.6 is 11.3 Å². The summed E-state index contributed by atoms with van der Waals surface area (Å²) in [7, 11) is 0. The number of carbonyl (C=O) groups is 2. The molecule has 0 spiro atoms. The summed E-state index contributed by atoms with van der Waals surface area (Å²) in [5.74, 6) is -0.556. The van der Waals surface area contributed by atoms with Crippen LogP contribution < -0.4 is 10.6 Å². The Morgan fingerprint density at radius 2 is 2.03 bits per heavy atom. The first kappa shape index (κ1) is 22.2. The fourth-order valence-electron chi connectivity index (χ4n) is 5.02. The topological polar surface area (TPSA) is 71.1 Å². The van der Waals surface area contributed by atoms with E-state index >= 15 is 0 Å². The number of carbonyl (C=O) groups excluding carboxylic acids is 2. The van der Waals surface area contributed by atoms with Gasteiger partial charge in [-0.25, -0.2) is 9.37 Å². The van der Waals surface area contributed by atoms with E-state index in [-0.39, 0.29) is 17.6 Å². The fourth-order valence-corrected chi connectivity index (χ4v) is 5.73. The molecular weight excluding hydrogens is 449 g/mol. The number of rotatable bonds is 5. The van der Waals surface area contributed by atoms with Gasteiger partial charge in [0.1, 0.15) is 5.82 Å². The molecule has 7 heteroatoms. The highest BCUT2D eigenvalue weighted by molar-refractivity contribution is 7.14. The largest absolute Gasteiger partial charge is 0.348 e. The molecule has 3 unspecified atom stereocenters. The third kappa shape index (κ3) is 3.39. The zero-order chi connectivity index (χ0) is 24.1. The molecule has 2 aliphatic heterocycles. The third-order valence-electron chi connectivity index (χ3n) is 6.98. The van der Waals surface area contributed by atoms with Crippen LogP contribution in [0.2, 0.25) is 0 Å². The summed E-state index contributed by atoms with van der Waals surface area (Å²) in [6.45, 7) is 7.43. The number of piperidine rings is 1. The lowest BCUT2D eigenvalue weighted by Crippen LogP contribution is -2.65. The van der Waals surface area contributed by atoms with E-state index in [4.69, 9.17) is 0 Å². The molecule has 34 heavy (non-hydrogen) atoms. The Kier molecular flexibility index (Phi) is 5.24. The van der Waals surface area contributed by atoms with E-state index in [9.17, 15) is 14.0 Å². The summed E-state index contributed by atoms with van der Waals surface area (Å²) in [6.07, 6.45) is 7.70. The second-order valence-corrected chi connectivity index (χ2v) is 10.1. The average Bonchev–Trinajstić information content (AvgIpc) is 3.27. The van der Waals surface area contributed by atoms with Crippen LogP contribution in [0.15, 0.2) is 78.2 Å².